The minimum Gasteiger partial charge on any atom is -0.482 e. The molecule has 0 bridgehead atoms. The van der Waals surface area contributed by atoms with Gasteiger partial charge in [0.05, 0.1) is 0 Å². The van der Waals surface area contributed by atoms with E-state index in [0.29, 0.717) is 5.75 Å². The number of ether oxygens (including phenoxy) is 2. The van der Waals surface area contributed by atoms with Crippen LogP contribution in [-0.4, -0.2) is 18.2 Å². The fourth-order valence-electron chi connectivity index (χ4n) is 1.04. The van der Waals surface area contributed by atoms with Crippen molar-refractivity contribution in [2.75, 3.05) is 6.61 Å². The van der Waals surface area contributed by atoms with Crippen LogP contribution in [0.2, 0.25) is 0 Å². The van der Waals surface area contributed by atoms with Crippen molar-refractivity contribution in [2.24, 2.45) is 0 Å². The number of carbonyl (C=O) groups is 1. The van der Waals surface area contributed by atoms with Gasteiger partial charge in [-0.15, -0.1) is 0 Å². The molecule has 0 unspecified atom stereocenters. The molecule has 0 radical (unpaired) electrons. The number of esters is 1. The number of rotatable bonds is 3. The third kappa shape index (κ3) is 5.34. The molecule has 4 heteroatoms. The Kier molecular flexibility index (Phi) is 4.58. The van der Waals surface area contributed by atoms with E-state index >= 15 is 0 Å². The van der Waals surface area contributed by atoms with E-state index in [-0.39, 0.29) is 12.6 Å². The van der Waals surface area contributed by atoms with Crippen molar-refractivity contribution in [3.63, 3.8) is 0 Å². The Balaban J connectivity index is 2.40. The summed E-state index contributed by atoms with van der Waals surface area (Å²) < 4.78 is 11.5. The summed E-state index contributed by atoms with van der Waals surface area (Å²) in [4.78, 5) is 11.4. The van der Waals surface area contributed by atoms with Crippen LogP contribution >= 0.6 is 22.6 Å². The summed E-state index contributed by atoms with van der Waals surface area (Å²) in [5.74, 6) is 0.317. The van der Waals surface area contributed by atoms with E-state index in [1.165, 1.54) is 0 Å². The third-order valence-electron chi connectivity index (χ3n) is 1.59. The average Bonchev–Trinajstić information content (AvgIpc) is 2.14. The lowest BCUT2D eigenvalue weighted by molar-refractivity contribution is -0.157. The van der Waals surface area contributed by atoms with Crippen molar-refractivity contribution in [1.82, 2.24) is 0 Å². The van der Waals surface area contributed by atoms with Gasteiger partial charge in [0.25, 0.3) is 0 Å². The Morgan fingerprint density at radius 2 is 1.81 bits per heavy atom. The molecular formula is C12H15IO3. The van der Waals surface area contributed by atoms with E-state index in [2.05, 4.69) is 22.6 Å². The number of hydrogen-bond donors (Lipinski definition) is 0. The van der Waals surface area contributed by atoms with Gasteiger partial charge in [-0.2, -0.15) is 0 Å². The molecule has 88 valence electrons. The van der Waals surface area contributed by atoms with Crippen LogP contribution in [0.25, 0.3) is 0 Å². The molecule has 16 heavy (non-hydrogen) atoms. The Bertz CT molecular complexity index is 352. The molecule has 1 rings (SSSR count). The molecule has 0 fully saturated rings. The SMILES string of the molecule is CC(C)(C)OC(=O)COc1ccc(I)cc1. The van der Waals surface area contributed by atoms with Gasteiger partial charge in [0, 0.05) is 3.57 Å². The maximum absolute atomic E-state index is 11.4. The van der Waals surface area contributed by atoms with E-state index in [1.54, 1.807) is 0 Å². The zero-order valence-electron chi connectivity index (χ0n) is 9.62. The predicted molar refractivity (Wildman–Crippen MR) is 70.5 cm³/mol. The predicted octanol–water partition coefficient (Wildman–Crippen LogP) is 3.01. The molecule has 0 atom stereocenters. The fourth-order valence-corrected chi connectivity index (χ4v) is 1.40. The van der Waals surface area contributed by atoms with E-state index < -0.39 is 5.60 Å². The monoisotopic (exact) mass is 334 g/mol. The molecule has 0 N–H and O–H groups in total. The molecule has 1 aromatic rings. The van der Waals surface area contributed by atoms with Gasteiger partial charge in [0.2, 0.25) is 0 Å². The summed E-state index contributed by atoms with van der Waals surface area (Å²) in [6, 6.07) is 7.49. The molecule has 3 nitrogen and oxygen atoms in total. The summed E-state index contributed by atoms with van der Waals surface area (Å²) in [7, 11) is 0. The first-order chi connectivity index (χ1) is 7.37. The van der Waals surface area contributed by atoms with Gasteiger partial charge in [-0.05, 0) is 67.6 Å². The van der Waals surface area contributed by atoms with E-state index in [1.807, 2.05) is 45.0 Å². The Morgan fingerprint density at radius 1 is 1.25 bits per heavy atom. The highest BCUT2D eigenvalue weighted by Gasteiger charge is 2.16. The van der Waals surface area contributed by atoms with Crippen molar-refractivity contribution < 1.29 is 14.3 Å². The van der Waals surface area contributed by atoms with Crippen molar-refractivity contribution in [2.45, 2.75) is 26.4 Å². The van der Waals surface area contributed by atoms with Gasteiger partial charge < -0.3 is 9.47 Å². The molecule has 0 spiro atoms. The number of hydrogen-bond acceptors (Lipinski definition) is 3. The summed E-state index contributed by atoms with van der Waals surface area (Å²) in [6.07, 6.45) is 0. The highest BCUT2D eigenvalue weighted by atomic mass is 127. The Morgan fingerprint density at radius 3 is 2.31 bits per heavy atom. The summed E-state index contributed by atoms with van der Waals surface area (Å²) in [5.41, 5.74) is -0.466. The molecule has 0 aliphatic rings. The van der Waals surface area contributed by atoms with E-state index in [0.717, 1.165) is 3.57 Å². The third-order valence-corrected chi connectivity index (χ3v) is 2.31. The second-order valence-corrected chi connectivity index (χ2v) is 5.57. The second kappa shape index (κ2) is 5.52. The first-order valence-corrected chi connectivity index (χ1v) is 6.05. The largest absolute Gasteiger partial charge is 0.482 e. The highest BCUT2D eigenvalue weighted by molar-refractivity contribution is 14.1. The maximum Gasteiger partial charge on any atom is 0.344 e. The first kappa shape index (κ1) is 13.3. The summed E-state index contributed by atoms with van der Waals surface area (Å²) >= 11 is 2.21. The van der Waals surface area contributed by atoms with E-state index in [4.69, 9.17) is 9.47 Å². The minimum absolute atomic E-state index is 0.0577. The number of carbonyl (C=O) groups excluding carboxylic acids is 1. The Labute approximate surface area is 109 Å². The quantitative estimate of drug-likeness (QED) is 0.630. The van der Waals surface area contributed by atoms with Crippen LogP contribution in [0.4, 0.5) is 0 Å². The van der Waals surface area contributed by atoms with Crippen LogP contribution in [-0.2, 0) is 9.53 Å². The molecule has 0 saturated carbocycles. The normalized spacial score (nSPS) is 11.0. The van der Waals surface area contributed by atoms with Gasteiger partial charge in [-0.1, -0.05) is 0 Å². The van der Waals surface area contributed by atoms with Gasteiger partial charge >= 0.3 is 5.97 Å². The molecule has 0 aliphatic carbocycles. The zero-order valence-corrected chi connectivity index (χ0v) is 11.8. The lowest BCUT2D eigenvalue weighted by atomic mass is 10.2. The fraction of sp³-hybridized carbons (Fsp3) is 0.417. The molecule has 0 amide bonds. The molecule has 0 aromatic heterocycles. The Hall–Kier alpha value is -0.780. The second-order valence-electron chi connectivity index (χ2n) is 4.33. The highest BCUT2D eigenvalue weighted by Crippen LogP contribution is 2.14. The van der Waals surface area contributed by atoms with Gasteiger partial charge in [0.1, 0.15) is 11.4 Å². The van der Waals surface area contributed by atoms with Crippen molar-refractivity contribution in [3.8, 4) is 5.75 Å². The minimum atomic E-state index is -0.466. The maximum atomic E-state index is 11.4. The van der Waals surface area contributed by atoms with E-state index in [9.17, 15) is 4.79 Å². The average molecular weight is 334 g/mol. The zero-order chi connectivity index (χ0) is 12.2. The lowest BCUT2D eigenvalue weighted by Crippen LogP contribution is -2.27. The molecule has 1 aromatic carbocycles. The summed E-state index contributed by atoms with van der Waals surface area (Å²) in [6.45, 7) is 5.43. The topological polar surface area (TPSA) is 35.5 Å². The van der Waals surface area contributed by atoms with Gasteiger partial charge in [-0.3, -0.25) is 0 Å². The van der Waals surface area contributed by atoms with Crippen LogP contribution in [0.3, 0.4) is 0 Å². The number of halogens is 1. The van der Waals surface area contributed by atoms with Crippen LogP contribution in [0.5, 0.6) is 5.75 Å². The molecule has 0 heterocycles. The van der Waals surface area contributed by atoms with Gasteiger partial charge in [-0.25, -0.2) is 4.79 Å². The van der Waals surface area contributed by atoms with Crippen LogP contribution in [0.1, 0.15) is 20.8 Å². The first-order valence-electron chi connectivity index (χ1n) is 4.97. The molecule has 0 aliphatic heterocycles. The summed E-state index contributed by atoms with van der Waals surface area (Å²) in [5, 5.41) is 0. The van der Waals surface area contributed by atoms with Gasteiger partial charge in [0.15, 0.2) is 6.61 Å². The lowest BCUT2D eigenvalue weighted by Gasteiger charge is -2.19. The number of benzene rings is 1. The van der Waals surface area contributed by atoms with Crippen molar-refractivity contribution >= 4 is 28.6 Å². The van der Waals surface area contributed by atoms with Crippen LogP contribution < -0.4 is 4.74 Å². The smallest absolute Gasteiger partial charge is 0.344 e. The van der Waals surface area contributed by atoms with Crippen LogP contribution in [0, 0.1) is 3.57 Å². The molecular weight excluding hydrogens is 319 g/mol. The van der Waals surface area contributed by atoms with Crippen molar-refractivity contribution in [3.05, 3.63) is 27.8 Å². The standard InChI is InChI=1S/C12H15IO3/c1-12(2,3)16-11(14)8-15-10-6-4-9(13)5-7-10/h4-7H,8H2,1-3H3. The van der Waals surface area contributed by atoms with Crippen LogP contribution in [0.15, 0.2) is 24.3 Å². The van der Waals surface area contributed by atoms with Crippen molar-refractivity contribution in [1.29, 1.82) is 0 Å². The molecule has 0 saturated heterocycles.